The van der Waals surface area contributed by atoms with Crippen LogP contribution in [-0.2, 0) is 0 Å². The zero-order chi connectivity index (χ0) is 14.2. The highest BCUT2D eigenvalue weighted by molar-refractivity contribution is 9.11. The Morgan fingerprint density at radius 3 is 2.37 bits per heavy atom. The first-order valence-electron chi connectivity index (χ1n) is 5.58. The molecule has 0 unspecified atom stereocenters. The molecule has 0 bridgehead atoms. The molecule has 6 heteroatoms. The first kappa shape index (κ1) is 15.2. The molecule has 0 N–H and O–H groups in total. The van der Waals surface area contributed by atoms with Gasteiger partial charge in [0.05, 0.1) is 15.2 Å². The van der Waals surface area contributed by atoms with Crippen LogP contribution in [0.4, 0.5) is 0 Å². The van der Waals surface area contributed by atoms with Gasteiger partial charge in [0.25, 0.3) is 0 Å². The number of aromatic nitrogens is 2. The number of hydrogen-bond acceptors (Lipinski definition) is 2. The van der Waals surface area contributed by atoms with Crippen molar-refractivity contribution < 1.29 is 0 Å². The largest absolute Gasteiger partial charge is 0.232 e. The van der Waals surface area contributed by atoms with Crippen LogP contribution in [-0.4, -0.2) is 9.97 Å². The lowest BCUT2D eigenvalue weighted by Crippen LogP contribution is -2.00. The van der Waals surface area contributed by atoms with E-state index in [0.29, 0.717) is 16.0 Å². The van der Waals surface area contributed by atoms with E-state index in [1.807, 2.05) is 18.2 Å². The van der Waals surface area contributed by atoms with Crippen molar-refractivity contribution >= 4 is 55.1 Å². The van der Waals surface area contributed by atoms with Crippen LogP contribution in [0.1, 0.15) is 25.5 Å². The van der Waals surface area contributed by atoms with Crippen LogP contribution >= 0.6 is 55.1 Å². The van der Waals surface area contributed by atoms with Gasteiger partial charge in [0, 0.05) is 10.0 Å². The summed E-state index contributed by atoms with van der Waals surface area (Å²) >= 11 is 19.0. The topological polar surface area (TPSA) is 25.8 Å². The van der Waals surface area contributed by atoms with Gasteiger partial charge in [0.15, 0.2) is 5.82 Å². The molecule has 1 aromatic carbocycles. The zero-order valence-corrected chi connectivity index (χ0v) is 14.9. The van der Waals surface area contributed by atoms with Gasteiger partial charge in [-0.05, 0) is 56.0 Å². The molecular formula is C13H10Br2Cl2N2. The molecule has 0 saturated carbocycles. The first-order chi connectivity index (χ1) is 8.90. The summed E-state index contributed by atoms with van der Waals surface area (Å²) in [5.41, 5.74) is 1.72. The molecule has 0 amide bonds. The van der Waals surface area contributed by atoms with E-state index in [9.17, 15) is 0 Å². The molecule has 0 fully saturated rings. The van der Waals surface area contributed by atoms with Crippen molar-refractivity contribution in [3.05, 3.63) is 43.0 Å². The Balaban J connectivity index is 2.59. The Labute approximate surface area is 138 Å². The Hall–Kier alpha value is -0.160. The van der Waals surface area contributed by atoms with Crippen LogP contribution in [0.2, 0.25) is 10.2 Å². The first-order valence-corrected chi connectivity index (χ1v) is 7.92. The van der Waals surface area contributed by atoms with Crippen LogP contribution in [0, 0.1) is 0 Å². The molecule has 1 aromatic heterocycles. The van der Waals surface area contributed by atoms with E-state index in [1.165, 1.54) is 0 Å². The SMILES string of the molecule is CC(C)c1nc(-c2ccc(Br)c(Cl)c2)nc(Cl)c1Br. The minimum Gasteiger partial charge on any atom is -0.232 e. The third-order valence-corrected chi connectivity index (χ3v) is 5.08. The summed E-state index contributed by atoms with van der Waals surface area (Å²) in [6.07, 6.45) is 0. The Kier molecular flexibility index (Phi) is 4.88. The second-order valence-corrected chi connectivity index (χ2v) is 6.73. The molecular weight excluding hydrogens is 415 g/mol. The molecule has 0 saturated heterocycles. The fraction of sp³-hybridized carbons (Fsp3) is 0.231. The highest BCUT2D eigenvalue weighted by atomic mass is 79.9. The summed E-state index contributed by atoms with van der Waals surface area (Å²) < 4.78 is 1.58. The summed E-state index contributed by atoms with van der Waals surface area (Å²) in [4.78, 5) is 8.85. The number of benzene rings is 1. The van der Waals surface area contributed by atoms with Gasteiger partial charge >= 0.3 is 0 Å². The van der Waals surface area contributed by atoms with Gasteiger partial charge in [-0.2, -0.15) is 0 Å². The lowest BCUT2D eigenvalue weighted by molar-refractivity contribution is 0.809. The number of nitrogens with zero attached hydrogens (tertiary/aromatic N) is 2. The van der Waals surface area contributed by atoms with Crippen LogP contribution < -0.4 is 0 Å². The van der Waals surface area contributed by atoms with Crippen LogP contribution in [0.25, 0.3) is 11.4 Å². The second-order valence-electron chi connectivity index (χ2n) is 4.32. The van der Waals surface area contributed by atoms with E-state index in [4.69, 9.17) is 23.2 Å². The van der Waals surface area contributed by atoms with Gasteiger partial charge < -0.3 is 0 Å². The molecule has 2 rings (SSSR count). The molecule has 0 aliphatic carbocycles. The smallest absolute Gasteiger partial charge is 0.161 e. The molecule has 100 valence electrons. The Morgan fingerprint density at radius 1 is 1.11 bits per heavy atom. The monoisotopic (exact) mass is 422 g/mol. The molecule has 19 heavy (non-hydrogen) atoms. The van der Waals surface area contributed by atoms with E-state index in [1.54, 1.807) is 0 Å². The maximum atomic E-state index is 6.14. The lowest BCUT2D eigenvalue weighted by Gasteiger charge is -2.11. The van der Waals surface area contributed by atoms with Crippen LogP contribution in [0.15, 0.2) is 27.1 Å². The van der Waals surface area contributed by atoms with E-state index in [2.05, 4.69) is 55.7 Å². The summed E-state index contributed by atoms with van der Waals surface area (Å²) in [7, 11) is 0. The molecule has 0 radical (unpaired) electrons. The maximum absolute atomic E-state index is 6.14. The highest BCUT2D eigenvalue weighted by Crippen LogP contribution is 2.32. The Bertz CT molecular complexity index is 630. The minimum atomic E-state index is 0.250. The summed E-state index contributed by atoms with van der Waals surface area (Å²) in [6, 6.07) is 5.58. The van der Waals surface area contributed by atoms with Crippen molar-refractivity contribution in [2.24, 2.45) is 0 Å². The molecule has 1 heterocycles. The molecule has 0 aliphatic heterocycles. The average molecular weight is 425 g/mol. The molecule has 0 spiro atoms. The minimum absolute atomic E-state index is 0.250. The normalized spacial score (nSPS) is 11.1. The standard InChI is InChI=1S/C13H10Br2Cl2N2/c1-6(2)11-10(15)12(17)19-13(18-11)7-3-4-8(14)9(16)5-7/h3-6H,1-2H3. The van der Waals surface area contributed by atoms with Gasteiger partial charge in [-0.25, -0.2) is 9.97 Å². The molecule has 2 aromatic rings. The van der Waals surface area contributed by atoms with Gasteiger partial charge in [-0.15, -0.1) is 0 Å². The molecule has 0 aliphatic rings. The van der Waals surface area contributed by atoms with Crippen molar-refractivity contribution in [1.29, 1.82) is 0 Å². The fourth-order valence-electron chi connectivity index (χ4n) is 1.58. The highest BCUT2D eigenvalue weighted by Gasteiger charge is 2.15. The van der Waals surface area contributed by atoms with Gasteiger partial charge in [-0.3, -0.25) is 0 Å². The van der Waals surface area contributed by atoms with Crippen molar-refractivity contribution in [2.75, 3.05) is 0 Å². The van der Waals surface area contributed by atoms with E-state index < -0.39 is 0 Å². The fourth-order valence-corrected chi connectivity index (χ4v) is 2.82. The Morgan fingerprint density at radius 2 is 1.79 bits per heavy atom. The van der Waals surface area contributed by atoms with E-state index in [-0.39, 0.29) is 5.92 Å². The summed E-state index contributed by atoms with van der Waals surface area (Å²) in [6.45, 7) is 4.11. The van der Waals surface area contributed by atoms with Gasteiger partial charge in [0.1, 0.15) is 5.15 Å². The second kappa shape index (κ2) is 6.08. The van der Waals surface area contributed by atoms with Crippen molar-refractivity contribution in [1.82, 2.24) is 9.97 Å². The summed E-state index contributed by atoms with van der Waals surface area (Å²) in [5.74, 6) is 0.825. The van der Waals surface area contributed by atoms with Crippen LogP contribution in [0.5, 0.6) is 0 Å². The van der Waals surface area contributed by atoms with Crippen LogP contribution in [0.3, 0.4) is 0 Å². The predicted octanol–water partition coefficient (Wildman–Crippen LogP) is 6.10. The number of halogens is 4. The quantitative estimate of drug-likeness (QED) is 0.544. The number of rotatable bonds is 2. The zero-order valence-electron chi connectivity index (χ0n) is 10.2. The van der Waals surface area contributed by atoms with Gasteiger partial charge in [-0.1, -0.05) is 37.0 Å². The van der Waals surface area contributed by atoms with Gasteiger partial charge in [0.2, 0.25) is 0 Å². The number of hydrogen-bond donors (Lipinski definition) is 0. The summed E-state index contributed by atoms with van der Waals surface area (Å²) in [5, 5.41) is 1.03. The molecule has 0 atom stereocenters. The third kappa shape index (κ3) is 3.30. The van der Waals surface area contributed by atoms with Crippen molar-refractivity contribution in [2.45, 2.75) is 19.8 Å². The van der Waals surface area contributed by atoms with E-state index in [0.717, 1.165) is 20.2 Å². The lowest BCUT2D eigenvalue weighted by atomic mass is 10.1. The molecule has 2 nitrogen and oxygen atoms in total. The van der Waals surface area contributed by atoms with Crippen molar-refractivity contribution in [3.8, 4) is 11.4 Å². The maximum Gasteiger partial charge on any atom is 0.161 e. The average Bonchev–Trinajstić information content (AvgIpc) is 2.35. The third-order valence-electron chi connectivity index (χ3n) is 2.56. The predicted molar refractivity (Wildman–Crippen MR) is 87.0 cm³/mol. The van der Waals surface area contributed by atoms with E-state index >= 15 is 0 Å². The van der Waals surface area contributed by atoms with Crippen molar-refractivity contribution in [3.63, 3.8) is 0 Å².